The van der Waals surface area contributed by atoms with Gasteiger partial charge in [-0.15, -0.1) is 0 Å². The highest BCUT2D eigenvalue weighted by Gasteiger charge is 2.14. The fourth-order valence-corrected chi connectivity index (χ4v) is 2.54. The first-order valence-electron chi connectivity index (χ1n) is 8.01. The van der Waals surface area contributed by atoms with Crippen LogP contribution in [0, 0.1) is 16.0 Å². The number of amides is 1. The van der Waals surface area contributed by atoms with E-state index in [4.69, 9.17) is 0 Å². The molecule has 1 N–H and O–H groups in total. The summed E-state index contributed by atoms with van der Waals surface area (Å²) in [7, 11) is 0. The van der Waals surface area contributed by atoms with Crippen molar-refractivity contribution >= 4 is 11.6 Å². The summed E-state index contributed by atoms with van der Waals surface area (Å²) in [6, 6.07) is 13.7. The Bertz CT molecular complexity index is 724. The molecule has 1 atom stereocenters. The van der Waals surface area contributed by atoms with Gasteiger partial charge in [0.15, 0.2) is 0 Å². The molecule has 5 nitrogen and oxygen atoms in total. The largest absolute Gasteiger partial charge is 0.346 e. The van der Waals surface area contributed by atoms with E-state index < -0.39 is 4.92 Å². The number of non-ortho nitro benzene ring substituents is 1. The zero-order valence-electron chi connectivity index (χ0n) is 14.2. The maximum absolute atomic E-state index is 12.3. The molecule has 24 heavy (non-hydrogen) atoms. The highest BCUT2D eigenvalue weighted by Crippen LogP contribution is 2.17. The highest BCUT2D eigenvalue weighted by molar-refractivity contribution is 5.95. The van der Waals surface area contributed by atoms with E-state index in [1.807, 2.05) is 19.1 Å². The van der Waals surface area contributed by atoms with Crippen LogP contribution in [0.15, 0.2) is 48.5 Å². The molecule has 0 fully saturated rings. The van der Waals surface area contributed by atoms with Crippen LogP contribution >= 0.6 is 0 Å². The monoisotopic (exact) mass is 326 g/mol. The van der Waals surface area contributed by atoms with Crippen LogP contribution in [-0.4, -0.2) is 10.8 Å². The molecule has 0 spiro atoms. The minimum atomic E-state index is -0.506. The second kappa shape index (κ2) is 7.73. The summed E-state index contributed by atoms with van der Waals surface area (Å²) in [5.41, 5.74) is 2.47. The molecule has 0 aliphatic carbocycles. The topological polar surface area (TPSA) is 72.2 Å². The van der Waals surface area contributed by atoms with Gasteiger partial charge in [0, 0.05) is 17.7 Å². The third-order valence-electron chi connectivity index (χ3n) is 3.79. The second-order valence-corrected chi connectivity index (χ2v) is 6.34. The lowest BCUT2D eigenvalue weighted by Gasteiger charge is -2.15. The molecule has 0 heterocycles. The van der Waals surface area contributed by atoms with Gasteiger partial charge < -0.3 is 5.32 Å². The van der Waals surface area contributed by atoms with Crippen LogP contribution in [0.25, 0.3) is 0 Å². The van der Waals surface area contributed by atoms with Crippen LogP contribution in [0.3, 0.4) is 0 Å². The Hall–Kier alpha value is -2.69. The smallest absolute Gasteiger partial charge is 0.270 e. The first kappa shape index (κ1) is 17.7. The summed E-state index contributed by atoms with van der Waals surface area (Å²) in [5, 5.41) is 13.7. The fourth-order valence-electron chi connectivity index (χ4n) is 2.54. The summed E-state index contributed by atoms with van der Waals surface area (Å²) in [5.74, 6) is 0.277. The van der Waals surface area contributed by atoms with Crippen LogP contribution in [0.1, 0.15) is 48.3 Å². The van der Waals surface area contributed by atoms with E-state index in [2.05, 4.69) is 31.3 Å². The SMILES string of the molecule is CC(C)Cc1ccc([C@H](C)NC(=O)c2cccc([N+](=O)[O-])c2)cc1. The second-order valence-electron chi connectivity index (χ2n) is 6.34. The van der Waals surface area contributed by atoms with Gasteiger partial charge in [-0.25, -0.2) is 0 Å². The van der Waals surface area contributed by atoms with Crippen LogP contribution < -0.4 is 5.32 Å². The molecule has 2 rings (SSSR count). The van der Waals surface area contributed by atoms with Gasteiger partial charge in [0.2, 0.25) is 0 Å². The minimum Gasteiger partial charge on any atom is -0.346 e. The van der Waals surface area contributed by atoms with Gasteiger partial charge in [-0.1, -0.05) is 44.2 Å². The van der Waals surface area contributed by atoms with Gasteiger partial charge >= 0.3 is 0 Å². The maximum Gasteiger partial charge on any atom is 0.270 e. The Morgan fingerprint density at radius 2 is 1.79 bits per heavy atom. The van der Waals surface area contributed by atoms with Crippen molar-refractivity contribution in [1.29, 1.82) is 0 Å². The van der Waals surface area contributed by atoms with E-state index in [9.17, 15) is 14.9 Å². The molecule has 0 saturated heterocycles. The van der Waals surface area contributed by atoms with Crippen molar-refractivity contribution in [2.75, 3.05) is 0 Å². The van der Waals surface area contributed by atoms with Crippen molar-refractivity contribution in [3.05, 3.63) is 75.3 Å². The molecule has 0 radical (unpaired) electrons. The average molecular weight is 326 g/mol. The number of carbonyl (C=O) groups is 1. The number of carbonyl (C=O) groups excluding carboxylic acids is 1. The molecule has 0 aliphatic rings. The molecule has 2 aromatic rings. The van der Waals surface area contributed by atoms with E-state index in [1.165, 1.54) is 23.8 Å². The van der Waals surface area contributed by atoms with Gasteiger partial charge in [-0.2, -0.15) is 0 Å². The Morgan fingerprint density at radius 1 is 1.12 bits per heavy atom. The maximum atomic E-state index is 12.3. The lowest BCUT2D eigenvalue weighted by molar-refractivity contribution is -0.384. The summed E-state index contributed by atoms with van der Waals surface area (Å²) >= 11 is 0. The van der Waals surface area contributed by atoms with Gasteiger partial charge in [0.05, 0.1) is 11.0 Å². The van der Waals surface area contributed by atoms with Crippen molar-refractivity contribution in [3.8, 4) is 0 Å². The molecule has 126 valence electrons. The average Bonchev–Trinajstić information content (AvgIpc) is 2.55. The molecule has 0 saturated carbocycles. The number of nitrogens with zero attached hydrogens (tertiary/aromatic N) is 1. The van der Waals surface area contributed by atoms with Crippen molar-refractivity contribution in [3.63, 3.8) is 0 Å². The van der Waals surface area contributed by atoms with Crippen LogP contribution in [0.5, 0.6) is 0 Å². The summed E-state index contributed by atoms with van der Waals surface area (Å²) in [6.45, 7) is 6.25. The molecule has 0 aromatic heterocycles. The number of hydrogen-bond acceptors (Lipinski definition) is 3. The predicted molar refractivity (Wildman–Crippen MR) is 94.0 cm³/mol. The fraction of sp³-hybridized carbons (Fsp3) is 0.316. The quantitative estimate of drug-likeness (QED) is 0.636. The first-order valence-corrected chi connectivity index (χ1v) is 8.01. The van der Waals surface area contributed by atoms with Crippen molar-refractivity contribution in [2.24, 2.45) is 5.92 Å². The van der Waals surface area contributed by atoms with Crippen LogP contribution in [-0.2, 0) is 6.42 Å². The summed E-state index contributed by atoms with van der Waals surface area (Å²) in [4.78, 5) is 22.6. The molecule has 0 bridgehead atoms. The first-order chi connectivity index (χ1) is 11.4. The third-order valence-corrected chi connectivity index (χ3v) is 3.79. The Balaban J connectivity index is 2.05. The number of nitrogens with one attached hydrogen (secondary N) is 1. The van der Waals surface area contributed by atoms with Gasteiger partial charge in [-0.05, 0) is 36.5 Å². The molecular weight excluding hydrogens is 304 g/mol. The Morgan fingerprint density at radius 3 is 2.38 bits per heavy atom. The lowest BCUT2D eigenvalue weighted by Crippen LogP contribution is -2.26. The minimum absolute atomic E-state index is 0.0895. The van der Waals surface area contributed by atoms with Crippen molar-refractivity contribution < 1.29 is 9.72 Å². The predicted octanol–water partition coefficient (Wildman–Crippen LogP) is 4.28. The Labute approximate surface area is 141 Å². The van der Waals surface area contributed by atoms with Gasteiger partial charge in [0.1, 0.15) is 0 Å². The van der Waals surface area contributed by atoms with Crippen LogP contribution in [0.2, 0.25) is 0 Å². The van der Waals surface area contributed by atoms with Gasteiger partial charge in [0.25, 0.3) is 11.6 Å². The Kier molecular flexibility index (Phi) is 5.68. The van der Waals surface area contributed by atoms with E-state index in [-0.39, 0.29) is 23.2 Å². The zero-order chi connectivity index (χ0) is 17.7. The van der Waals surface area contributed by atoms with Crippen molar-refractivity contribution in [2.45, 2.75) is 33.2 Å². The third kappa shape index (κ3) is 4.65. The van der Waals surface area contributed by atoms with E-state index in [0.29, 0.717) is 5.92 Å². The molecule has 5 heteroatoms. The molecule has 2 aromatic carbocycles. The lowest BCUT2D eigenvalue weighted by atomic mass is 10.00. The molecular formula is C19H22N2O3. The zero-order valence-corrected chi connectivity index (χ0v) is 14.2. The number of benzene rings is 2. The van der Waals surface area contributed by atoms with E-state index in [0.717, 1.165) is 12.0 Å². The summed E-state index contributed by atoms with van der Waals surface area (Å²) < 4.78 is 0. The molecule has 1 amide bonds. The number of nitro groups is 1. The highest BCUT2D eigenvalue weighted by atomic mass is 16.6. The van der Waals surface area contributed by atoms with Gasteiger partial charge in [-0.3, -0.25) is 14.9 Å². The normalized spacial score (nSPS) is 12.0. The molecule has 0 aliphatic heterocycles. The number of nitro benzene ring substituents is 1. The summed E-state index contributed by atoms with van der Waals surface area (Å²) in [6.07, 6.45) is 1.02. The molecule has 0 unspecified atom stereocenters. The number of hydrogen-bond donors (Lipinski definition) is 1. The van der Waals surface area contributed by atoms with E-state index in [1.54, 1.807) is 6.07 Å². The standard InChI is InChI=1S/C19H22N2O3/c1-13(2)11-15-7-9-16(10-8-15)14(3)20-19(22)17-5-4-6-18(12-17)21(23)24/h4-10,12-14H,11H2,1-3H3,(H,20,22)/t14-/m0/s1. The van der Waals surface area contributed by atoms with E-state index >= 15 is 0 Å². The van der Waals surface area contributed by atoms with Crippen LogP contribution in [0.4, 0.5) is 5.69 Å². The van der Waals surface area contributed by atoms with Crippen molar-refractivity contribution in [1.82, 2.24) is 5.32 Å². The number of rotatable bonds is 6.